The van der Waals surface area contributed by atoms with Crippen LogP contribution in [-0.2, 0) is 9.53 Å². The molecule has 1 amide bonds. The maximum absolute atomic E-state index is 11.8. The molecular weight excluding hydrogens is 210 g/mol. The Kier molecular flexibility index (Phi) is 3.45. The van der Waals surface area contributed by atoms with Gasteiger partial charge in [-0.05, 0) is 33.1 Å². The first-order chi connectivity index (χ1) is 7.22. The fraction of sp³-hybridized carbons (Fsp3) is 0.818. The number of carboxylic acids is 1. The van der Waals surface area contributed by atoms with Crippen LogP contribution >= 0.6 is 0 Å². The molecule has 0 radical (unpaired) electrons. The summed E-state index contributed by atoms with van der Waals surface area (Å²) in [5, 5.41) is 9.05. The molecule has 5 heteroatoms. The third kappa shape index (κ3) is 2.87. The number of likely N-dealkylation sites (tertiary alicyclic amines) is 1. The smallest absolute Gasteiger partial charge is 0.411 e. The number of hydrogen-bond acceptors (Lipinski definition) is 3. The number of hydrogen-bond donors (Lipinski definition) is 1. The Bertz CT molecular complexity index is 295. The summed E-state index contributed by atoms with van der Waals surface area (Å²) in [7, 11) is 0. The van der Waals surface area contributed by atoms with Gasteiger partial charge in [-0.2, -0.15) is 0 Å². The van der Waals surface area contributed by atoms with E-state index in [1.807, 2.05) is 6.92 Å². The van der Waals surface area contributed by atoms with Crippen LogP contribution in [0.2, 0.25) is 0 Å². The maximum atomic E-state index is 11.8. The van der Waals surface area contributed by atoms with Gasteiger partial charge in [-0.15, -0.1) is 0 Å². The zero-order valence-electron chi connectivity index (χ0n) is 10.2. The van der Waals surface area contributed by atoms with Crippen molar-refractivity contribution in [1.29, 1.82) is 0 Å². The van der Waals surface area contributed by atoms with E-state index in [0.29, 0.717) is 13.0 Å². The molecule has 1 N–H and O–H groups in total. The molecule has 0 saturated carbocycles. The summed E-state index contributed by atoms with van der Waals surface area (Å²) >= 11 is 0. The predicted molar refractivity (Wildman–Crippen MR) is 58.1 cm³/mol. The number of amides is 1. The molecule has 16 heavy (non-hydrogen) atoms. The maximum Gasteiger partial charge on any atom is 0.411 e. The lowest BCUT2D eigenvalue weighted by molar-refractivity contribution is -0.143. The summed E-state index contributed by atoms with van der Waals surface area (Å²) in [6.45, 7) is 7.58. The summed E-state index contributed by atoms with van der Waals surface area (Å²) in [5.74, 6) is -0.985. The standard InChI is InChI=1S/C11H19NO4/c1-7-5-6-12(8(7)9(13)14)10(15)16-11(2,3)4/h7-8H,5-6H2,1-4H3,(H,13,14). The van der Waals surface area contributed by atoms with E-state index in [9.17, 15) is 9.59 Å². The first-order valence-corrected chi connectivity index (χ1v) is 5.45. The molecule has 1 aliphatic rings. The highest BCUT2D eigenvalue weighted by Gasteiger charge is 2.41. The SMILES string of the molecule is CC1CCN(C(=O)OC(C)(C)C)C1C(=O)O. The highest BCUT2D eigenvalue weighted by molar-refractivity contribution is 5.81. The molecule has 1 heterocycles. The second-order valence-corrected chi connectivity index (χ2v) is 5.22. The minimum atomic E-state index is -0.962. The van der Waals surface area contributed by atoms with E-state index in [0.717, 1.165) is 0 Å². The number of ether oxygens (including phenoxy) is 1. The third-order valence-electron chi connectivity index (χ3n) is 2.58. The van der Waals surface area contributed by atoms with Crippen LogP contribution in [0.4, 0.5) is 4.79 Å². The van der Waals surface area contributed by atoms with Gasteiger partial charge in [0.15, 0.2) is 0 Å². The van der Waals surface area contributed by atoms with Gasteiger partial charge in [0.1, 0.15) is 11.6 Å². The van der Waals surface area contributed by atoms with Gasteiger partial charge in [-0.3, -0.25) is 4.90 Å². The molecule has 1 fully saturated rings. The van der Waals surface area contributed by atoms with Crippen LogP contribution in [-0.4, -0.2) is 40.3 Å². The quantitative estimate of drug-likeness (QED) is 0.743. The molecule has 1 aliphatic heterocycles. The first kappa shape index (κ1) is 12.8. The Balaban J connectivity index is 2.73. The van der Waals surface area contributed by atoms with Crippen molar-refractivity contribution in [2.45, 2.75) is 45.8 Å². The fourth-order valence-electron chi connectivity index (χ4n) is 1.85. The van der Waals surface area contributed by atoms with Gasteiger partial charge < -0.3 is 9.84 Å². The van der Waals surface area contributed by atoms with Crippen molar-refractivity contribution in [2.24, 2.45) is 5.92 Å². The van der Waals surface area contributed by atoms with Crippen LogP contribution in [0.3, 0.4) is 0 Å². The summed E-state index contributed by atoms with van der Waals surface area (Å²) in [6.07, 6.45) is 0.167. The lowest BCUT2D eigenvalue weighted by Crippen LogP contribution is -2.45. The topological polar surface area (TPSA) is 66.8 Å². The van der Waals surface area contributed by atoms with Gasteiger partial charge in [0.25, 0.3) is 0 Å². The van der Waals surface area contributed by atoms with E-state index in [-0.39, 0.29) is 5.92 Å². The Hall–Kier alpha value is -1.26. The van der Waals surface area contributed by atoms with Crippen molar-refractivity contribution < 1.29 is 19.4 Å². The molecular formula is C11H19NO4. The molecule has 2 atom stereocenters. The van der Waals surface area contributed by atoms with Crippen molar-refractivity contribution >= 4 is 12.1 Å². The lowest BCUT2D eigenvalue weighted by atomic mass is 10.0. The number of carbonyl (C=O) groups excluding carboxylic acids is 1. The number of carboxylic acid groups (broad SMARTS) is 1. The normalized spacial score (nSPS) is 25.6. The van der Waals surface area contributed by atoms with Crippen LogP contribution in [0.15, 0.2) is 0 Å². The van der Waals surface area contributed by atoms with Crippen LogP contribution < -0.4 is 0 Å². The van der Waals surface area contributed by atoms with Crippen molar-refractivity contribution in [3.63, 3.8) is 0 Å². The van der Waals surface area contributed by atoms with Gasteiger partial charge in [0.05, 0.1) is 0 Å². The number of aliphatic carboxylic acids is 1. The molecule has 0 bridgehead atoms. The van der Waals surface area contributed by atoms with E-state index in [2.05, 4.69) is 0 Å². The first-order valence-electron chi connectivity index (χ1n) is 5.45. The van der Waals surface area contributed by atoms with Gasteiger partial charge in [-0.1, -0.05) is 6.92 Å². The van der Waals surface area contributed by atoms with Crippen molar-refractivity contribution in [3.8, 4) is 0 Å². The fourth-order valence-corrected chi connectivity index (χ4v) is 1.85. The van der Waals surface area contributed by atoms with Crippen LogP contribution in [0.25, 0.3) is 0 Å². The Morgan fingerprint density at radius 1 is 1.38 bits per heavy atom. The molecule has 5 nitrogen and oxygen atoms in total. The summed E-state index contributed by atoms with van der Waals surface area (Å²) in [6, 6.07) is -0.755. The lowest BCUT2D eigenvalue weighted by Gasteiger charge is -2.27. The van der Waals surface area contributed by atoms with Gasteiger partial charge in [-0.25, -0.2) is 9.59 Å². The van der Waals surface area contributed by atoms with E-state index in [1.165, 1.54) is 4.90 Å². The molecule has 0 spiro atoms. The second kappa shape index (κ2) is 4.31. The largest absolute Gasteiger partial charge is 0.480 e. The summed E-state index contributed by atoms with van der Waals surface area (Å²) < 4.78 is 5.17. The average Bonchev–Trinajstić information content (AvgIpc) is 2.43. The van der Waals surface area contributed by atoms with Crippen LogP contribution in [0.5, 0.6) is 0 Å². The Labute approximate surface area is 95.4 Å². The van der Waals surface area contributed by atoms with Crippen LogP contribution in [0.1, 0.15) is 34.1 Å². The van der Waals surface area contributed by atoms with Crippen molar-refractivity contribution in [1.82, 2.24) is 4.90 Å². The number of nitrogens with zero attached hydrogens (tertiary/aromatic N) is 1. The molecule has 1 saturated heterocycles. The van der Waals surface area contributed by atoms with E-state index in [1.54, 1.807) is 20.8 Å². The monoisotopic (exact) mass is 229 g/mol. The number of rotatable bonds is 1. The minimum absolute atomic E-state index is 0.0231. The summed E-state index contributed by atoms with van der Waals surface area (Å²) in [5.41, 5.74) is -0.591. The molecule has 1 rings (SSSR count). The molecule has 0 aliphatic carbocycles. The molecule has 92 valence electrons. The second-order valence-electron chi connectivity index (χ2n) is 5.22. The summed E-state index contributed by atoms with van der Waals surface area (Å²) in [4.78, 5) is 24.1. The van der Waals surface area contributed by atoms with E-state index >= 15 is 0 Å². The Morgan fingerprint density at radius 3 is 2.38 bits per heavy atom. The van der Waals surface area contributed by atoms with Crippen molar-refractivity contribution in [3.05, 3.63) is 0 Å². The predicted octanol–water partition coefficient (Wildman–Crippen LogP) is 1.72. The van der Waals surface area contributed by atoms with Gasteiger partial charge in [0, 0.05) is 6.54 Å². The zero-order chi connectivity index (χ0) is 12.5. The third-order valence-corrected chi connectivity index (χ3v) is 2.58. The highest BCUT2D eigenvalue weighted by Crippen LogP contribution is 2.25. The highest BCUT2D eigenvalue weighted by atomic mass is 16.6. The molecule has 0 aromatic rings. The van der Waals surface area contributed by atoms with Gasteiger partial charge >= 0.3 is 12.1 Å². The van der Waals surface area contributed by atoms with Crippen molar-refractivity contribution in [2.75, 3.05) is 6.54 Å². The number of carbonyl (C=O) groups is 2. The Morgan fingerprint density at radius 2 is 1.94 bits per heavy atom. The van der Waals surface area contributed by atoms with E-state index < -0.39 is 23.7 Å². The zero-order valence-corrected chi connectivity index (χ0v) is 10.2. The van der Waals surface area contributed by atoms with E-state index in [4.69, 9.17) is 9.84 Å². The minimum Gasteiger partial charge on any atom is -0.480 e. The van der Waals surface area contributed by atoms with Crippen LogP contribution in [0, 0.1) is 5.92 Å². The molecule has 2 unspecified atom stereocenters. The molecule has 0 aromatic heterocycles. The molecule has 0 aromatic carbocycles. The average molecular weight is 229 g/mol. The van der Waals surface area contributed by atoms with Gasteiger partial charge in [0.2, 0.25) is 0 Å².